The number of aromatic nitrogens is 2. The van der Waals surface area contributed by atoms with Crippen molar-refractivity contribution in [3.05, 3.63) is 192 Å². The fraction of sp³-hybridized carbons (Fsp3) is 0.242. The molecule has 8 aromatic carbocycles. The normalized spacial score (nSPS) is 13.7. The van der Waals surface area contributed by atoms with Gasteiger partial charge in [-0.25, -0.2) is 0 Å². The van der Waals surface area contributed by atoms with Crippen molar-refractivity contribution in [2.45, 2.75) is 105 Å². The summed E-state index contributed by atoms with van der Waals surface area (Å²) in [5.74, 6) is 0. The second kappa shape index (κ2) is 15.2. The summed E-state index contributed by atoms with van der Waals surface area (Å²) in [4.78, 5) is 2.60. The van der Waals surface area contributed by atoms with E-state index in [1.807, 2.05) is 0 Å². The van der Waals surface area contributed by atoms with Crippen molar-refractivity contribution in [1.82, 2.24) is 9.05 Å². The number of hydrogen-bond acceptors (Lipinski definition) is 1. The molecule has 4 heteroatoms. The maximum atomic E-state index is 2.80. The molecule has 4 heterocycles. The van der Waals surface area contributed by atoms with E-state index in [1.54, 1.807) is 0 Å². The highest BCUT2D eigenvalue weighted by molar-refractivity contribution is 6.90. The Labute approximate surface area is 415 Å². The molecule has 0 bridgehead atoms. The zero-order valence-corrected chi connectivity index (χ0v) is 43.1. The van der Waals surface area contributed by atoms with Gasteiger partial charge in [0.25, 0.3) is 0 Å². The van der Waals surface area contributed by atoms with E-state index in [2.05, 4.69) is 267 Å². The molecule has 0 unspecified atom stereocenters. The van der Waals surface area contributed by atoms with Crippen molar-refractivity contribution in [2.75, 3.05) is 4.90 Å². The number of benzene rings is 8. The standard InChI is InChI=1S/C66H64BN3/c1-63(2,3)43-28-31-48(32-29-43)69-57-34-30-44(64(4,5)6)39-54(57)67-60-51(36-46(40-58(60)69)66(10,11)12)52-37-45(65(7,8)9)38-53-59(41-21-15-13-16-22-41)61(70(67)62(52)53)42-27-33-56-50(35-42)49-25-19-20-26-55(49)68(56)47-23-17-14-18-24-47/h13-40H,1-12H3. The van der Waals surface area contributed by atoms with E-state index in [9.17, 15) is 0 Å². The molecule has 0 aliphatic carbocycles. The molecule has 346 valence electrons. The molecule has 0 saturated heterocycles. The van der Waals surface area contributed by atoms with Gasteiger partial charge >= 0.3 is 6.85 Å². The summed E-state index contributed by atoms with van der Waals surface area (Å²) in [6, 6.07) is 65.3. The first-order valence-corrected chi connectivity index (χ1v) is 25.4. The Hall–Kier alpha value is -7.04. The fourth-order valence-corrected chi connectivity index (χ4v) is 11.6. The fourth-order valence-electron chi connectivity index (χ4n) is 11.6. The second-order valence-corrected chi connectivity index (χ2v) is 24.3. The number of anilines is 3. The summed E-state index contributed by atoms with van der Waals surface area (Å²) in [5.41, 5.74) is 24.0. The highest BCUT2D eigenvalue weighted by Gasteiger charge is 2.45. The Bertz CT molecular complexity index is 3730. The first-order valence-electron chi connectivity index (χ1n) is 25.4. The van der Waals surface area contributed by atoms with E-state index >= 15 is 0 Å². The number of nitrogens with zero attached hydrogens (tertiary/aromatic N) is 3. The lowest BCUT2D eigenvalue weighted by Gasteiger charge is -2.42. The van der Waals surface area contributed by atoms with Gasteiger partial charge < -0.3 is 13.9 Å². The molecule has 12 rings (SSSR count). The van der Waals surface area contributed by atoms with Crippen LogP contribution in [0, 0.1) is 0 Å². The molecule has 2 aliphatic heterocycles. The minimum absolute atomic E-state index is 0.0386. The number of para-hydroxylation sites is 2. The van der Waals surface area contributed by atoms with E-state index in [4.69, 9.17) is 0 Å². The third-order valence-electron chi connectivity index (χ3n) is 15.5. The Balaban J connectivity index is 1.27. The van der Waals surface area contributed by atoms with Crippen LogP contribution >= 0.6 is 0 Å². The van der Waals surface area contributed by atoms with Crippen LogP contribution in [0.25, 0.3) is 71.9 Å². The SMILES string of the molecule is CC(C)(C)c1ccc(N2c3ccc(C(C)(C)C)cc3B3c4c(cc(C(C)(C)C)cc42)-c2cc(C(C)(C)C)cc4c(-c5ccccc5)c(-c5ccc6c(c5)c5ccccc5n6-c5ccccc5)n3c24)cc1. The summed E-state index contributed by atoms with van der Waals surface area (Å²) >= 11 is 0. The molecule has 0 fully saturated rings. The van der Waals surface area contributed by atoms with Gasteiger partial charge in [-0.3, -0.25) is 0 Å². The van der Waals surface area contributed by atoms with Crippen LogP contribution in [0.1, 0.15) is 105 Å². The van der Waals surface area contributed by atoms with Crippen LogP contribution in [0.4, 0.5) is 17.1 Å². The lowest BCUT2D eigenvalue weighted by Crippen LogP contribution is -2.57. The van der Waals surface area contributed by atoms with Crippen molar-refractivity contribution in [3.63, 3.8) is 0 Å². The highest BCUT2D eigenvalue weighted by atomic mass is 15.2. The summed E-state index contributed by atoms with van der Waals surface area (Å²) in [7, 11) is 0. The van der Waals surface area contributed by atoms with Crippen LogP contribution in [0.2, 0.25) is 0 Å². The van der Waals surface area contributed by atoms with Gasteiger partial charge in [0.05, 0.1) is 11.0 Å². The Morgan fingerprint density at radius 3 is 1.64 bits per heavy atom. The first-order chi connectivity index (χ1) is 33.3. The van der Waals surface area contributed by atoms with Gasteiger partial charge in [-0.2, -0.15) is 0 Å². The largest absolute Gasteiger partial charge is 0.375 e. The van der Waals surface area contributed by atoms with Crippen molar-refractivity contribution in [3.8, 4) is 39.2 Å². The minimum atomic E-state index is -0.120. The Morgan fingerprint density at radius 1 is 0.386 bits per heavy atom. The van der Waals surface area contributed by atoms with Crippen LogP contribution in [0.5, 0.6) is 0 Å². The predicted molar refractivity (Wildman–Crippen MR) is 302 cm³/mol. The molecular weight excluding hydrogens is 846 g/mol. The van der Waals surface area contributed by atoms with Gasteiger partial charge in [-0.1, -0.05) is 186 Å². The number of rotatable bonds is 4. The summed E-state index contributed by atoms with van der Waals surface area (Å²) in [6.07, 6.45) is 0. The smallest absolute Gasteiger partial charge is 0.333 e. The molecule has 2 aromatic heterocycles. The Morgan fingerprint density at radius 2 is 0.971 bits per heavy atom. The molecule has 70 heavy (non-hydrogen) atoms. The molecule has 0 atom stereocenters. The van der Waals surface area contributed by atoms with Gasteiger partial charge in [0.15, 0.2) is 0 Å². The van der Waals surface area contributed by atoms with E-state index in [-0.39, 0.29) is 28.5 Å². The van der Waals surface area contributed by atoms with E-state index < -0.39 is 0 Å². The molecule has 0 saturated carbocycles. The van der Waals surface area contributed by atoms with E-state index in [0.29, 0.717) is 0 Å². The van der Waals surface area contributed by atoms with Crippen molar-refractivity contribution in [2.24, 2.45) is 0 Å². The van der Waals surface area contributed by atoms with Gasteiger partial charge in [0.1, 0.15) is 0 Å². The average molecular weight is 910 g/mol. The van der Waals surface area contributed by atoms with Gasteiger partial charge in [0.2, 0.25) is 0 Å². The molecule has 0 amide bonds. The third-order valence-corrected chi connectivity index (χ3v) is 15.5. The second-order valence-electron chi connectivity index (χ2n) is 24.3. The number of hydrogen-bond donors (Lipinski definition) is 0. The van der Waals surface area contributed by atoms with Crippen LogP contribution in [-0.4, -0.2) is 15.9 Å². The molecule has 0 N–H and O–H groups in total. The maximum absolute atomic E-state index is 2.80. The highest BCUT2D eigenvalue weighted by Crippen LogP contribution is 2.52. The van der Waals surface area contributed by atoms with Crippen molar-refractivity contribution < 1.29 is 0 Å². The quantitative estimate of drug-likeness (QED) is 0.160. The van der Waals surface area contributed by atoms with Crippen molar-refractivity contribution >= 4 is 67.5 Å². The van der Waals surface area contributed by atoms with Gasteiger partial charge in [-0.05, 0) is 138 Å². The van der Waals surface area contributed by atoms with Gasteiger partial charge in [0, 0.05) is 61.2 Å². The molecule has 0 spiro atoms. The van der Waals surface area contributed by atoms with Crippen LogP contribution in [0.3, 0.4) is 0 Å². The summed E-state index contributed by atoms with van der Waals surface area (Å²) < 4.78 is 5.23. The predicted octanol–water partition coefficient (Wildman–Crippen LogP) is 16.7. The minimum Gasteiger partial charge on any atom is -0.375 e. The summed E-state index contributed by atoms with van der Waals surface area (Å²) in [6.45, 7) is 28.1. The van der Waals surface area contributed by atoms with Crippen LogP contribution in [0.15, 0.2) is 170 Å². The lowest BCUT2D eigenvalue weighted by atomic mass is 9.44. The number of fused-ring (bicyclic) bond motifs is 7. The Kier molecular flexibility index (Phi) is 9.62. The topological polar surface area (TPSA) is 13.1 Å². The third kappa shape index (κ3) is 6.77. The molecule has 2 aliphatic rings. The molecule has 3 nitrogen and oxygen atoms in total. The monoisotopic (exact) mass is 910 g/mol. The van der Waals surface area contributed by atoms with Crippen molar-refractivity contribution in [1.29, 1.82) is 0 Å². The lowest BCUT2D eigenvalue weighted by molar-refractivity contribution is 0.589. The summed E-state index contributed by atoms with van der Waals surface area (Å²) in [5, 5.41) is 3.81. The van der Waals surface area contributed by atoms with Gasteiger partial charge in [-0.15, -0.1) is 0 Å². The molecule has 10 aromatic rings. The zero-order chi connectivity index (χ0) is 48.8. The van der Waals surface area contributed by atoms with E-state index in [1.165, 1.54) is 122 Å². The maximum Gasteiger partial charge on any atom is 0.333 e. The first kappa shape index (κ1) is 44.2. The van der Waals surface area contributed by atoms with E-state index in [0.717, 1.165) is 0 Å². The van der Waals surface area contributed by atoms with Crippen LogP contribution in [-0.2, 0) is 21.7 Å². The zero-order valence-electron chi connectivity index (χ0n) is 43.1. The molecular formula is C66H64BN3. The molecule has 0 radical (unpaired) electrons. The average Bonchev–Trinajstić information content (AvgIpc) is 3.85. The van der Waals surface area contributed by atoms with Crippen LogP contribution < -0.4 is 15.8 Å².